The molecule has 0 fully saturated rings. The van der Waals surface area contributed by atoms with Crippen LogP contribution in [0, 0.1) is 0 Å². The minimum absolute atomic E-state index is 0.105. The van der Waals surface area contributed by atoms with Gasteiger partial charge in [-0.25, -0.2) is 0 Å². The molecule has 0 aromatic heterocycles. The second kappa shape index (κ2) is 5.61. The molecular weight excluding hydrogens is 232 g/mol. The van der Waals surface area contributed by atoms with E-state index in [0.717, 1.165) is 0 Å². The molecule has 0 radical (unpaired) electrons. The van der Waals surface area contributed by atoms with Crippen LogP contribution in [0.4, 0.5) is 0 Å². The Hall–Kier alpha value is -1.42. The lowest BCUT2D eigenvalue weighted by Crippen LogP contribution is -2.05. The standard InChI is InChI=1S/C11H13ClO4/c1-14-9-5-11(16-3)10(15-2)4-7(9)8(13)6-12/h4-5H,6H2,1-3H3. The molecule has 1 aromatic carbocycles. The summed E-state index contributed by atoms with van der Waals surface area (Å²) in [5, 5.41) is 0. The molecule has 1 rings (SSSR count). The summed E-state index contributed by atoms with van der Waals surface area (Å²) >= 11 is 5.51. The molecule has 0 saturated carbocycles. The lowest BCUT2D eigenvalue weighted by atomic mass is 10.1. The van der Waals surface area contributed by atoms with Crippen molar-refractivity contribution in [3.63, 3.8) is 0 Å². The predicted octanol–water partition coefficient (Wildman–Crippen LogP) is 2.13. The van der Waals surface area contributed by atoms with E-state index in [0.29, 0.717) is 22.8 Å². The van der Waals surface area contributed by atoms with Crippen LogP contribution >= 0.6 is 11.6 Å². The number of ether oxygens (including phenoxy) is 3. The number of carbonyl (C=O) groups excluding carboxylic acids is 1. The van der Waals surface area contributed by atoms with E-state index in [4.69, 9.17) is 25.8 Å². The molecule has 0 aliphatic heterocycles. The third-order valence-corrected chi connectivity index (χ3v) is 2.37. The van der Waals surface area contributed by atoms with Crippen LogP contribution in [0.25, 0.3) is 0 Å². The lowest BCUT2D eigenvalue weighted by molar-refractivity contribution is 0.101. The molecule has 5 heteroatoms. The fourth-order valence-corrected chi connectivity index (χ4v) is 1.46. The molecule has 0 aliphatic carbocycles. The highest BCUT2D eigenvalue weighted by atomic mass is 35.5. The number of alkyl halides is 1. The smallest absolute Gasteiger partial charge is 0.181 e. The van der Waals surface area contributed by atoms with Gasteiger partial charge in [-0.3, -0.25) is 4.79 Å². The van der Waals surface area contributed by atoms with Gasteiger partial charge in [-0.2, -0.15) is 0 Å². The van der Waals surface area contributed by atoms with Crippen LogP contribution in [0.15, 0.2) is 12.1 Å². The molecule has 16 heavy (non-hydrogen) atoms. The summed E-state index contributed by atoms with van der Waals surface area (Å²) in [6, 6.07) is 3.15. The molecule has 0 saturated heterocycles. The molecule has 0 unspecified atom stereocenters. The number of ketones is 1. The molecule has 88 valence electrons. The molecule has 0 bridgehead atoms. The number of methoxy groups -OCH3 is 3. The van der Waals surface area contributed by atoms with E-state index in [1.165, 1.54) is 21.3 Å². The van der Waals surface area contributed by atoms with Gasteiger partial charge in [-0.05, 0) is 6.07 Å². The van der Waals surface area contributed by atoms with Crippen molar-refractivity contribution in [2.75, 3.05) is 27.2 Å². The van der Waals surface area contributed by atoms with E-state index in [2.05, 4.69) is 0 Å². The highest BCUT2D eigenvalue weighted by Crippen LogP contribution is 2.34. The summed E-state index contributed by atoms with van der Waals surface area (Å²) in [7, 11) is 4.49. The van der Waals surface area contributed by atoms with Gasteiger partial charge < -0.3 is 14.2 Å². The number of hydrogen-bond donors (Lipinski definition) is 0. The fourth-order valence-electron chi connectivity index (χ4n) is 1.32. The Morgan fingerprint density at radius 1 is 1.06 bits per heavy atom. The third kappa shape index (κ3) is 2.39. The summed E-state index contributed by atoms with van der Waals surface area (Å²) in [4.78, 5) is 11.6. The normalized spacial score (nSPS) is 9.75. The number of carbonyl (C=O) groups is 1. The van der Waals surface area contributed by atoms with E-state index in [9.17, 15) is 4.79 Å². The number of halogens is 1. The molecule has 0 atom stereocenters. The van der Waals surface area contributed by atoms with Gasteiger partial charge in [-0.15, -0.1) is 11.6 Å². The quantitative estimate of drug-likeness (QED) is 0.588. The summed E-state index contributed by atoms with van der Waals surface area (Å²) < 4.78 is 15.3. The molecule has 0 aliphatic rings. The van der Waals surface area contributed by atoms with Crippen LogP contribution in [0.5, 0.6) is 17.2 Å². The topological polar surface area (TPSA) is 44.8 Å². The number of rotatable bonds is 5. The molecule has 1 aromatic rings. The average Bonchev–Trinajstić information content (AvgIpc) is 2.35. The first-order valence-corrected chi connectivity index (χ1v) is 5.10. The summed E-state index contributed by atoms with van der Waals surface area (Å²) in [5.74, 6) is 1.07. The average molecular weight is 245 g/mol. The van der Waals surface area contributed by atoms with Gasteiger partial charge >= 0.3 is 0 Å². The van der Waals surface area contributed by atoms with E-state index in [1.807, 2.05) is 0 Å². The molecule has 4 nitrogen and oxygen atoms in total. The Morgan fingerprint density at radius 3 is 2.00 bits per heavy atom. The van der Waals surface area contributed by atoms with Gasteiger partial charge in [-0.1, -0.05) is 0 Å². The van der Waals surface area contributed by atoms with Crippen molar-refractivity contribution in [1.29, 1.82) is 0 Å². The van der Waals surface area contributed by atoms with Gasteiger partial charge in [0.15, 0.2) is 17.3 Å². The highest BCUT2D eigenvalue weighted by Gasteiger charge is 2.16. The van der Waals surface area contributed by atoms with Crippen LogP contribution < -0.4 is 14.2 Å². The Kier molecular flexibility index (Phi) is 4.43. The first-order chi connectivity index (χ1) is 7.67. The number of Topliss-reactive ketones (excluding diaryl/α,β-unsaturated/α-hetero) is 1. The van der Waals surface area contributed by atoms with Gasteiger partial charge in [0.25, 0.3) is 0 Å². The zero-order valence-electron chi connectivity index (χ0n) is 9.37. The van der Waals surface area contributed by atoms with Gasteiger partial charge in [0, 0.05) is 6.07 Å². The largest absolute Gasteiger partial charge is 0.496 e. The van der Waals surface area contributed by atoms with Crippen LogP contribution in [-0.4, -0.2) is 33.0 Å². The van der Waals surface area contributed by atoms with Crippen LogP contribution in [0.1, 0.15) is 10.4 Å². The number of benzene rings is 1. The Morgan fingerprint density at radius 2 is 1.56 bits per heavy atom. The van der Waals surface area contributed by atoms with Gasteiger partial charge in [0.2, 0.25) is 0 Å². The van der Waals surface area contributed by atoms with Crippen molar-refractivity contribution < 1.29 is 19.0 Å². The van der Waals surface area contributed by atoms with Crippen molar-refractivity contribution in [3.8, 4) is 17.2 Å². The Balaban J connectivity index is 3.31. The SMILES string of the molecule is COc1cc(OC)c(C(=O)CCl)cc1OC. The van der Waals surface area contributed by atoms with Crippen molar-refractivity contribution in [2.24, 2.45) is 0 Å². The predicted molar refractivity (Wildman–Crippen MR) is 61.1 cm³/mol. The minimum Gasteiger partial charge on any atom is -0.496 e. The molecule has 0 amide bonds. The second-order valence-electron chi connectivity index (χ2n) is 2.96. The molecule has 0 spiro atoms. The monoisotopic (exact) mass is 244 g/mol. The summed E-state index contributed by atoms with van der Waals surface area (Å²) in [6.07, 6.45) is 0. The van der Waals surface area contributed by atoms with Crippen LogP contribution in [-0.2, 0) is 0 Å². The van der Waals surface area contributed by atoms with Crippen molar-refractivity contribution in [2.45, 2.75) is 0 Å². The van der Waals surface area contributed by atoms with Crippen molar-refractivity contribution >= 4 is 17.4 Å². The van der Waals surface area contributed by atoms with Crippen molar-refractivity contribution in [1.82, 2.24) is 0 Å². The Labute approximate surface area is 99.1 Å². The highest BCUT2D eigenvalue weighted by molar-refractivity contribution is 6.30. The van der Waals surface area contributed by atoms with E-state index >= 15 is 0 Å². The zero-order valence-corrected chi connectivity index (χ0v) is 10.1. The van der Waals surface area contributed by atoms with E-state index < -0.39 is 0 Å². The lowest BCUT2D eigenvalue weighted by Gasteiger charge is -2.12. The van der Waals surface area contributed by atoms with E-state index in [1.54, 1.807) is 12.1 Å². The zero-order chi connectivity index (χ0) is 12.1. The maximum absolute atomic E-state index is 11.6. The Bertz CT molecular complexity index is 390. The second-order valence-corrected chi connectivity index (χ2v) is 3.23. The van der Waals surface area contributed by atoms with E-state index in [-0.39, 0.29) is 11.7 Å². The molecule has 0 heterocycles. The maximum atomic E-state index is 11.6. The van der Waals surface area contributed by atoms with Crippen molar-refractivity contribution in [3.05, 3.63) is 17.7 Å². The van der Waals surface area contributed by atoms with Gasteiger partial charge in [0.1, 0.15) is 5.75 Å². The third-order valence-electron chi connectivity index (χ3n) is 2.13. The first kappa shape index (κ1) is 12.6. The fraction of sp³-hybridized carbons (Fsp3) is 0.364. The molecule has 0 N–H and O–H groups in total. The first-order valence-electron chi connectivity index (χ1n) is 4.57. The summed E-state index contributed by atoms with van der Waals surface area (Å²) in [6.45, 7) is 0. The number of hydrogen-bond acceptors (Lipinski definition) is 4. The van der Waals surface area contributed by atoms with Crippen LogP contribution in [0.2, 0.25) is 0 Å². The van der Waals surface area contributed by atoms with Gasteiger partial charge in [0.05, 0.1) is 32.8 Å². The minimum atomic E-state index is -0.223. The molecular formula is C11H13ClO4. The maximum Gasteiger partial charge on any atom is 0.181 e. The summed E-state index contributed by atoms with van der Waals surface area (Å²) in [5.41, 5.74) is 0.384. The van der Waals surface area contributed by atoms with Crippen LogP contribution in [0.3, 0.4) is 0 Å².